The van der Waals surface area contributed by atoms with Gasteiger partial charge in [0.2, 0.25) is 11.3 Å². The fraction of sp³-hybridized carbons (Fsp3) is 0.0667. The van der Waals surface area contributed by atoms with Crippen LogP contribution in [0, 0.1) is 0 Å². The number of nitrogens with zero attached hydrogens (tertiary/aromatic N) is 3. The van der Waals surface area contributed by atoms with E-state index in [9.17, 15) is 4.79 Å². The maximum Gasteiger partial charge on any atom is 1.00 e. The van der Waals surface area contributed by atoms with Crippen molar-refractivity contribution < 1.29 is 35.4 Å². The molecular weight excluding hydrogens is 323 g/mol. The molecule has 0 aliphatic carbocycles. The first-order valence-electron chi connectivity index (χ1n) is 6.55. The Kier molecular flexibility index (Phi) is 4.54. The first-order valence-corrected chi connectivity index (χ1v) is 7.77. The first-order chi connectivity index (χ1) is 10.8. The molecule has 0 saturated heterocycles. The maximum atomic E-state index is 12.6. The molecule has 0 aliphatic heterocycles. The van der Waals surface area contributed by atoms with Crippen LogP contribution in [0.2, 0.25) is 0 Å². The summed E-state index contributed by atoms with van der Waals surface area (Å²) in [6.45, 7) is 0. The van der Waals surface area contributed by atoms with E-state index in [-0.39, 0.29) is 36.4 Å². The van der Waals surface area contributed by atoms with E-state index in [1.54, 1.807) is 30.0 Å². The van der Waals surface area contributed by atoms with E-state index < -0.39 is 0 Å². The minimum atomic E-state index is -0.0354. The maximum absolute atomic E-state index is 12.6. The summed E-state index contributed by atoms with van der Waals surface area (Å²) in [5, 5.41) is 14.9. The van der Waals surface area contributed by atoms with Crippen LogP contribution in [0.5, 0.6) is 0 Å². The predicted molar refractivity (Wildman–Crippen MR) is 86.1 cm³/mol. The summed E-state index contributed by atoms with van der Waals surface area (Å²) < 4.78 is 5.87. The molecule has 0 amide bonds. The molecule has 0 unspecified atom stereocenters. The number of benzene rings is 2. The molecule has 4 aromatic rings. The number of H-pyrrole nitrogens is 1. The van der Waals surface area contributed by atoms with Crippen LogP contribution >= 0.6 is 11.8 Å². The predicted octanol–water partition coefficient (Wildman–Crippen LogP) is -0.0353. The van der Waals surface area contributed by atoms with Gasteiger partial charge in [-0.15, -0.1) is 22.0 Å². The topological polar surface area (TPSA) is 84.7 Å². The molecule has 2 aromatic carbocycles. The summed E-state index contributed by atoms with van der Waals surface area (Å²) in [5.41, 5.74) is 1.79. The fourth-order valence-electron chi connectivity index (χ4n) is 2.38. The van der Waals surface area contributed by atoms with E-state index in [0.29, 0.717) is 27.8 Å². The molecule has 0 saturated carbocycles. The van der Waals surface area contributed by atoms with Crippen LogP contribution in [-0.2, 0) is 0 Å². The SMILES string of the molecule is CSc1ccc2oc3cc(-c4nn[nH]n4)ccc3c(=O)c2c1.[H-].[Na+]. The van der Waals surface area contributed by atoms with E-state index in [0.717, 1.165) is 10.5 Å². The number of nitrogens with one attached hydrogen (secondary N) is 1. The van der Waals surface area contributed by atoms with Gasteiger partial charge < -0.3 is 5.84 Å². The smallest absolute Gasteiger partial charge is 1.00 e. The molecule has 4 rings (SSSR count). The summed E-state index contributed by atoms with van der Waals surface area (Å²) in [7, 11) is 0. The second kappa shape index (κ2) is 6.45. The zero-order valence-electron chi connectivity index (χ0n) is 13.5. The van der Waals surface area contributed by atoms with Gasteiger partial charge in [0.15, 0.2) is 0 Å². The van der Waals surface area contributed by atoms with E-state index in [2.05, 4.69) is 20.6 Å². The van der Waals surface area contributed by atoms with Gasteiger partial charge in [0.25, 0.3) is 0 Å². The summed E-state index contributed by atoms with van der Waals surface area (Å²) >= 11 is 1.59. The van der Waals surface area contributed by atoms with Gasteiger partial charge in [-0.05, 0) is 41.8 Å². The number of hydrogen-bond acceptors (Lipinski definition) is 6. The van der Waals surface area contributed by atoms with E-state index in [1.807, 2.05) is 24.5 Å². The molecule has 110 valence electrons. The number of aromatic amines is 1. The van der Waals surface area contributed by atoms with Crippen molar-refractivity contribution in [2.45, 2.75) is 4.90 Å². The molecule has 0 aliphatic rings. The minimum absolute atomic E-state index is 0. The average molecular weight is 334 g/mol. The minimum Gasteiger partial charge on any atom is -1.00 e. The van der Waals surface area contributed by atoms with E-state index in [1.165, 1.54) is 0 Å². The molecule has 0 atom stereocenters. The molecule has 1 N–H and O–H groups in total. The summed E-state index contributed by atoms with van der Waals surface area (Å²) in [4.78, 5) is 13.7. The van der Waals surface area contributed by atoms with Crippen LogP contribution in [0.25, 0.3) is 33.3 Å². The zero-order chi connectivity index (χ0) is 15.1. The summed E-state index contributed by atoms with van der Waals surface area (Å²) in [5.74, 6) is 0.461. The van der Waals surface area contributed by atoms with Crippen LogP contribution < -0.4 is 35.0 Å². The number of rotatable bonds is 2. The Labute approximate surface area is 158 Å². The molecule has 0 radical (unpaired) electrons. The number of fused-ring (bicyclic) bond motifs is 2. The number of aromatic nitrogens is 4. The standard InChI is InChI=1S/C15H10N4O2S.Na.H/c1-22-9-3-5-12-11(7-9)14(20)10-4-2-8(6-13(10)21-12)15-16-18-19-17-15;;/h2-7H,1H3,(H,16,17,18,19);;/q;+1;-1. The Hall–Kier alpha value is -1.67. The van der Waals surface area contributed by atoms with Crippen molar-refractivity contribution in [1.29, 1.82) is 0 Å². The average Bonchev–Trinajstić information content (AvgIpc) is 3.09. The Morgan fingerprint density at radius 2 is 2.00 bits per heavy atom. The van der Waals surface area contributed by atoms with Crippen LogP contribution in [0.4, 0.5) is 0 Å². The first kappa shape index (κ1) is 16.2. The third-order valence-electron chi connectivity index (χ3n) is 3.48. The monoisotopic (exact) mass is 334 g/mol. The van der Waals surface area contributed by atoms with Gasteiger partial charge in [0, 0.05) is 10.5 Å². The largest absolute Gasteiger partial charge is 1.00 e. The molecular formula is C15H11N4NaO2S. The van der Waals surface area contributed by atoms with Crippen LogP contribution in [0.1, 0.15) is 1.43 Å². The molecule has 2 heterocycles. The van der Waals surface area contributed by atoms with E-state index >= 15 is 0 Å². The van der Waals surface area contributed by atoms with Crippen molar-refractivity contribution in [2.24, 2.45) is 0 Å². The Balaban J connectivity index is 0.00000104. The Morgan fingerprint density at radius 3 is 2.74 bits per heavy atom. The molecule has 23 heavy (non-hydrogen) atoms. The van der Waals surface area contributed by atoms with Crippen molar-refractivity contribution in [3.63, 3.8) is 0 Å². The van der Waals surface area contributed by atoms with E-state index in [4.69, 9.17) is 4.42 Å². The molecule has 6 nitrogen and oxygen atoms in total. The summed E-state index contributed by atoms with van der Waals surface area (Å²) in [6.07, 6.45) is 1.97. The van der Waals surface area contributed by atoms with Crippen molar-refractivity contribution in [3.8, 4) is 11.4 Å². The molecule has 0 fully saturated rings. The van der Waals surface area contributed by atoms with Gasteiger partial charge in [-0.3, -0.25) is 4.79 Å². The van der Waals surface area contributed by atoms with Gasteiger partial charge in [-0.2, -0.15) is 5.21 Å². The molecule has 2 aromatic heterocycles. The van der Waals surface area contributed by atoms with Crippen molar-refractivity contribution in [3.05, 3.63) is 46.6 Å². The molecule has 8 heteroatoms. The van der Waals surface area contributed by atoms with Crippen LogP contribution in [0.15, 0.2) is 50.5 Å². The summed E-state index contributed by atoms with van der Waals surface area (Å²) in [6, 6.07) is 10.9. The Morgan fingerprint density at radius 1 is 1.13 bits per heavy atom. The van der Waals surface area contributed by atoms with Crippen molar-refractivity contribution >= 4 is 33.7 Å². The Bertz CT molecular complexity index is 1050. The van der Waals surface area contributed by atoms with Gasteiger partial charge in [0.05, 0.1) is 10.8 Å². The van der Waals surface area contributed by atoms with Gasteiger partial charge in [0.1, 0.15) is 11.2 Å². The number of thioether (sulfide) groups is 1. The van der Waals surface area contributed by atoms with Gasteiger partial charge in [-0.25, -0.2) is 0 Å². The van der Waals surface area contributed by atoms with Crippen LogP contribution in [-0.4, -0.2) is 26.9 Å². The quantitative estimate of drug-likeness (QED) is 0.315. The third-order valence-corrected chi connectivity index (χ3v) is 4.21. The van der Waals surface area contributed by atoms with Gasteiger partial charge >= 0.3 is 29.6 Å². The normalized spacial score (nSPS) is 10.8. The zero-order valence-corrected chi connectivity index (χ0v) is 15.3. The van der Waals surface area contributed by atoms with Crippen molar-refractivity contribution in [2.75, 3.05) is 6.26 Å². The second-order valence-corrected chi connectivity index (χ2v) is 5.62. The van der Waals surface area contributed by atoms with Crippen LogP contribution in [0.3, 0.4) is 0 Å². The van der Waals surface area contributed by atoms with Gasteiger partial charge in [-0.1, -0.05) is 6.07 Å². The number of tetrazole rings is 1. The molecule has 0 bridgehead atoms. The fourth-order valence-corrected chi connectivity index (χ4v) is 2.82. The second-order valence-electron chi connectivity index (χ2n) is 4.74. The molecule has 0 spiro atoms. The number of hydrogen-bond donors (Lipinski definition) is 1. The van der Waals surface area contributed by atoms with Crippen molar-refractivity contribution in [1.82, 2.24) is 20.6 Å². The third kappa shape index (κ3) is 2.81.